The van der Waals surface area contributed by atoms with Crippen molar-refractivity contribution in [2.75, 3.05) is 31.6 Å². The van der Waals surface area contributed by atoms with Crippen LogP contribution in [0.4, 0.5) is 5.69 Å². The number of carbonyl (C=O) groups is 1. The fraction of sp³-hybridized carbons (Fsp3) is 0.400. The Morgan fingerprint density at radius 3 is 2.64 bits per heavy atom. The molecule has 3 aromatic rings. The van der Waals surface area contributed by atoms with Crippen LogP contribution in [0.25, 0.3) is 0 Å². The summed E-state index contributed by atoms with van der Waals surface area (Å²) in [5.41, 5.74) is 3.68. The van der Waals surface area contributed by atoms with Crippen LogP contribution in [0.3, 0.4) is 0 Å². The van der Waals surface area contributed by atoms with E-state index in [1.54, 1.807) is 25.4 Å². The van der Waals surface area contributed by atoms with E-state index in [-0.39, 0.29) is 11.1 Å². The van der Waals surface area contributed by atoms with E-state index in [4.69, 9.17) is 16.3 Å². The van der Waals surface area contributed by atoms with Gasteiger partial charge in [0.1, 0.15) is 22.7 Å². The molecule has 39 heavy (non-hydrogen) atoms. The topological polar surface area (TPSA) is 94.4 Å². The number of ether oxygens (including phenoxy) is 1. The molecule has 204 valence electrons. The van der Waals surface area contributed by atoms with E-state index in [0.29, 0.717) is 36.4 Å². The SMILES string of the molecule is COc1ccc(N(Cc2cccc(C#N)n2)C2CCN([C@H](C)CCNC(=O)c3c(C)ccnc3Cl)CC2)cc1. The first-order chi connectivity index (χ1) is 18.9. The lowest BCUT2D eigenvalue weighted by Gasteiger charge is -2.41. The van der Waals surface area contributed by atoms with E-state index < -0.39 is 0 Å². The number of aryl methyl sites for hydroxylation is 1. The summed E-state index contributed by atoms with van der Waals surface area (Å²) >= 11 is 6.14. The molecule has 0 radical (unpaired) electrons. The van der Waals surface area contributed by atoms with Crippen molar-refractivity contribution in [2.24, 2.45) is 0 Å². The molecule has 0 spiro atoms. The number of pyridine rings is 2. The summed E-state index contributed by atoms with van der Waals surface area (Å²) in [5.74, 6) is 0.640. The van der Waals surface area contributed by atoms with Crippen molar-refractivity contribution >= 4 is 23.2 Å². The van der Waals surface area contributed by atoms with Crippen molar-refractivity contribution in [3.63, 3.8) is 0 Å². The van der Waals surface area contributed by atoms with Gasteiger partial charge in [-0.05, 0) is 81.1 Å². The Balaban J connectivity index is 1.35. The molecular weight excluding hydrogens is 512 g/mol. The molecule has 9 heteroatoms. The minimum atomic E-state index is -0.180. The first-order valence-corrected chi connectivity index (χ1v) is 13.7. The number of aromatic nitrogens is 2. The lowest BCUT2D eigenvalue weighted by molar-refractivity contribution is 0.0944. The Hall–Kier alpha value is -3.67. The zero-order chi connectivity index (χ0) is 27.8. The lowest BCUT2D eigenvalue weighted by atomic mass is 9.99. The number of carbonyl (C=O) groups excluding carboxylic acids is 1. The summed E-state index contributed by atoms with van der Waals surface area (Å²) < 4.78 is 5.36. The lowest BCUT2D eigenvalue weighted by Crippen LogP contribution is -2.48. The number of amides is 1. The van der Waals surface area contributed by atoms with Gasteiger partial charge in [-0.25, -0.2) is 9.97 Å². The molecule has 1 aromatic carbocycles. The summed E-state index contributed by atoms with van der Waals surface area (Å²) in [7, 11) is 1.67. The maximum Gasteiger partial charge on any atom is 0.254 e. The van der Waals surface area contributed by atoms with Gasteiger partial charge in [0, 0.05) is 43.6 Å². The van der Waals surface area contributed by atoms with E-state index >= 15 is 0 Å². The first-order valence-electron chi connectivity index (χ1n) is 13.3. The second-order valence-corrected chi connectivity index (χ2v) is 10.3. The number of nitrogens with zero attached hydrogens (tertiary/aromatic N) is 5. The standard InChI is InChI=1S/C30H35ClN6O2/c1-21-11-15-33-29(31)28(21)30(38)34-16-12-22(2)36-17-13-26(14-18-36)37(25-7-9-27(39-3)10-8-25)20-24-6-4-5-23(19-32)35-24/h4-11,15,22,26H,12-14,16-18,20H2,1-3H3,(H,34,38)/t22-/m1/s1. The normalized spacial score (nSPS) is 14.8. The number of likely N-dealkylation sites (tertiary alicyclic amines) is 1. The molecule has 3 heterocycles. The predicted molar refractivity (Wildman–Crippen MR) is 153 cm³/mol. The molecule has 1 saturated heterocycles. The molecular formula is C30H35ClN6O2. The van der Waals surface area contributed by atoms with Crippen LogP contribution in [-0.2, 0) is 6.54 Å². The van der Waals surface area contributed by atoms with Gasteiger partial charge in [0.2, 0.25) is 0 Å². The van der Waals surface area contributed by atoms with Crippen LogP contribution in [0.1, 0.15) is 53.5 Å². The van der Waals surface area contributed by atoms with Crippen molar-refractivity contribution in [1.82, 2.24) is 20.2 Å². The minimum Gasteiger partial charge on any atom is -0.497 e. The number of nitrogens with one attached hydrogen (secondary N) is 1. The highest BCUT2D eigenvalue weighted by atomic mass is 35.5. The molecule has 1 amide bonds. The molecule has 0 saturated carbocycles. The average Bonchev–Trinajstić information content (AvgIpc) is 2.96. The fourth-order valence-corrected chi connectivity index (χ4v) is 5.40. The molecule has 1 atom stereocenters. The van der Waals surface area contributed by atoms with Crippen LogP contribution in [0.5, 0.6) is 5.75 Å². The Morgan fingerprint density at radius 2 is 1.97 bits per heavy atom. The average molecular weight is 547 g/mol. The molecule has 2 aromatic heterocycles. The minimum absolute atomic E-state index is 0.180. The summed E-state index contributed by atoms with van der Waals surface area (Å²) in [6.07, 6.45) is 4.46. The number of methoxy groups -OCH3 is 1. The summed E-state index contributed by atoms with van der Waals surface area (Å²) in [6, 6.07) is 18.3. The third-order valence-corrected chi connectivity index (χ3v) is 7.70. The second-order valence-electron chi connectivity index (χ2n) is 9.91. The van der Waals surface area contributed by atoms with Gasteiger partial charge in [-0.1, -0.05) is 17.7 Å². The van der Waals surface area contributed by atoms with Gasteiger partial charge in [-0.2, -0.15) is 5.26 Å². The molecule has 8 nitrogen and oxygen atoms in total. The molecule has 1 aliphatic rings. The monoisotopic (exact) mass is 546 g/mol. The largest absolute Gasteiger partial charge is 0.497 e. The van der Waals surface area contributed by atoms with Crippen molar-refractivity contribution in [1.29, 1.82) is 5.26 Å². The van der Waals surface area contributed by atoms with Crippen molar-refractivity contribution in [2.45, 2.75) is 51.7 Å². The number of nitriles is 1. The molecule has 1 aliphatic heterocycles. The quantitative estimate of drug-likeness (QED) is 0.358. The molecule has 0 bridgehead atoms. The fourth-order valence-electron chi connectivity index (χ4n) is 5.11. The van der Waals surface area contributed by atoms with Gasteiger partial charge in [-0.3, -0.25) is 4.79 Å². The molecule has 0 aliphatic carbocycles. The van der Waals surface area contributed by atoms with Gasteiger partial charge in [0.25, 0.3) is 5.91 Å². The summed E-state index contributed by atoms with van der Waals surface area (Å²) in [4.78, 5) is 26.1. The number of hydrogen-bond donors (Lipinski definition) is 1. The van der Waals surface area contributed by atoms with Gasteiger partial charge < -0.3 is 19.9 Å². The number of benzene rings is 1. The Labute approximate surface area is 235 Å². The highest BCUT2D eigenvalue weighted by molar-refractivity contribution is 6.32. The maximum atomic E-state index is 12.6. The summed E-state index contributed by atoms with van der Waals surface area (Å²) in [5, 5.41) is 12.5. The molecule has 0 unspecified atom stereocenters. The Morgan fingerprint density at radius 1 is 1.23 bits per heavy atom. The zero-order valence-corrected chi connectivity index (χ0v) is 23.5. The van der Waals surface area contributed by atoms with Crippen LogP contribution in [-0.4, -0.2) is 59.6 Å². The number of hydrogen-bond acceptors (Lipinski definition) is 7. The smallest absolute Gasteiger partial charge is 0.254 e. The third kappa shape index (κ3) is 7.25. The van der Waals surface area contributed by atoms with Gasteiger partial charge in [0.05, 0.1) is 24.9 Å². The third-order valence-electron chi connectivity index (χ3n) is 7.41. The zero-order valence-electron chi connectivity index (χ0n) is 22.7. The number of piperidine rings is 1. The maximum absolute atomic E-state index is 12.6. The number of anilines is 1. The van der Waals surface area contributed by atoms with Crippen molar-refractivity contribution < 1.29 is 9.53 Å². The van der Waals surface area contributed by atoms with Crippen molar-refractivity contribution in [3.05, 3.63) is 82.4 Å². The van der Waals surface area contributed by atoms with Gasteiger partial charge >= 0.3 is 0 Å². The Kier molecular flexibility index (Phi) is 9.74. The highest BCUT2D eigenvalue weighted by Crippen LogP contribution is 2.28. The molecule has 4 rings (SSSR count). The first kappa shape index (κ1) is 28.3. The molecule has 1 fully saturated rings. The summed E-state index contributed by atoms with van der Waals surface area (Å²) in [6.45, 7) is 7.21. The van der Waals surface area contributed by atoms with Crippen LogP contribution in [0, 0.1) is 18.3 Å². The van der Waals surface area contributed by atoms with E-state index in [9.17, 15) is 10.1 Å². The highest BCUT2D eigenvalue weighted by Gasteiger charge is 2.28. The van der Waals surface area contributed by atoms with Crippen molar-refractivity contribution in [3.8, 4) is 11.8 Å². The number of halogens is 1. The van der Waals surface area contributed by atoms with Crippen LogP contribution in [0.2, 0.25) is 5.15 Å². The van der Waals surface area contributed by atoms with E-state index in [1.807, 2.05) is 31.2 Å². The van der Waals surface area contributed by atoms with Gasteiger partial charge in [0.15, 0.2) is 0 Å². The Bertz CT molecular complexity index is 1280. The van der Waals surface area contributed by atoms with E-state index in [0.717, 1.165) is 55.0 Å². The van der Waals surface area contributed by atoms with E-state index in [1.165, 1.54) is 0 Å². The predicted octanol–water partition coefficient (Wildman–Crippen LogP) is 5.00. The van der Waals surface area contributed by atoms with Crippen LogP contribution < -0.4 is 15.0 Å². The van der Waals surface area contributed by atoms with Crippen LogP contribution >= 0.6 is 11.6 Å². The molecule has 1 N–H and O–H groups in total. The second kappa shape index (κ2) is 13.4. The van der Waals surface area contributed by atoms with Gasteiger partial charge in [-0.15, -0.1) is 0 Å². The van der Waals surface area contributed by atoms with E-state index in [2.05, 4.69) is 50.2 Å². The van der Waals surface area contributed by atoms with Crippen LogP contribution in [0.15, 0.2) is 54.7 Å². The number of rotatable bonds is 10.